The molecule has 0 saturated carbocycles. The molecule has 1 aromatic rings. The Labute approximate surface area is 169 Å². The summed E-state index contributed by atoms with van der Waals surface area (Å²) in [5.41, 5.74) is 0.828. The van der Waals surface area contributed by atoms with Crippen molar-refractivity contribution in [1.82, 2.24) is 0 Å². The number of esters is 2. The molecule has 0 radical (unpaired) electrons. The van der Waals surface area contributed by atoms with Crippen molar-refractivity contribution in [1.29, 1.82) is 0 Å². The monoisotopic (exact) mass is 400 g/mol. The van der Waals surface area contributed by atoms with E-state index in [9.17, 15) is 9.59 Å². The van der Waals surface area contributed by atoms with Crippen LogP contribution in [0.3, 0.4) is 0 Å². The molecule has 2 aliphatic heterocycles. The Balaban J connectivity index is 1.89. The largest absolute Gasteiger partial charge is 0.483 e. The second-order valence-electron chi connectivity index (χ2n) is 7.24. The topological polar surface area (TPSA) is 80.3 Å². The lowest BCUT2D eigenvalue weighted by molar-refractivity contribution is -0.173. The molecule has 2 heterocycles. The zero-order valence-electron chi connectivity index (χ0n) is 16.8. The molecule has 2 aliphatic rings. The predicted octanol–water partition coefficient (Wildman–Crippen LogP) is 2.34. The number of hydrogen-bond acceptors (Lipinski definition) is 7. The predicted molar refractivity (Wildman–Crippen MR) is 102 cm³/mol. The Morgan fingerprint density at radius 2 is 1.83 bits per heavy atom. The highest BCUT2D eigenvalue weighted by molar-refractivity contribution is 5.68. The van der Waals surface area contributed by atoms with E-state index >= 15 is 0 Å². The normalized spacial score (nSPS) is 28.9. The van der Waals surface area contributed by atoms with Crippen LogP contribution >= 0.6 is 0 Å². The van der Waals surface area contributed by atoms with Gasteiger partial charge in [-0.15, -0.1) is 0 Å². The van der Waals surface area contributed by atoms with E-state index < -0.39 is 42.1 Å². The number of ether oxygens (including phenoxy) is 5. The third kappa shape index (κ3) is 5.37. The third-order valence-electron chi connectivity index (χ3n) is 4.37. The highest BCUT2D eigenvalue weighted by atomic mass is 16.8. The van der Waals surface area contributed by atoms with Gasteiger partial charge in [-0.1, -0.05) is 30.0 Å². The Morgan fingerprint density at radius 1 is 1.14 bits per heavy atom. The molecule has 0 spiro atoms. The summed E-state index contributed by atoms with van der Waals surface area (Å²) >= 11 is 0. The van der Waals surface area contributed by atoms with Crippen molar-refractivity contribution in [3.8, 4) is 11.8 Å². The summed E-state index contributed by atoms with van der Waals surface area (Å²) in [5, 5.41) is 0. The first kappa shape index (κ1) is 20.9. The van der Waals surface area contributed by atoms with Crippen molar-refractivity contribution in [2.45, 2.75) is 57.9 Å². The van der Waals surface area contributed by atoms with Gasteiger partial charge in [0.2, 0.25) is 0 Å². The van der Waals surface area contributed by atoms with Crippen molar-refractivity contribution in [3.05, 3.63) is 47.7 Å². The summed E-state index contributed by atoms with van der Waals surface area (Å²) in [5.74, 6) is 4.36. The molecular weight excluding hydrogens is 376 g/mol. The molecule has 0 bridgehead atoms. The second kappa shape index (κ2) is 8.68. The first-order chi connectivity index (χ1) is 13.7. The molecule has 2 saturated heterocycles. The van der Waals surface area contributed by atoms with Gasteiger partial charge in [0.15, 0.2) is 24.1 Å². The van der Waals surface area contributed by atoms with Gasteiger partial charge in [-0.05, 0) is 26.0 Å². The number of rotatable bonds is 3. The average Bonchev–Trinajstić information content (AvgIpc) is 3.16. The molecule has 0 N–H and O–H groups in total. The summed E-state index contributed by atoms with van der Waals surface area (Å²) in [7, 11) is 0. The van der Waals surface area contributed by atoms with E-state index in [-0.39, 0.29) is 6.61 Å². The fourth-order valence-electron chi connectivity index (χ4n) is 3.24. The van der Waals surface area contributed by atoms with Gasteiger partial charge in [0.1, 0.15) is 11.9 Å². The molecule has 0 aliphatic carbocycles. The van der Waals surface area contributed by atoms with Crippen LogP contribution in [0.2, 0.25) is 0 Å². The van der Waals surface area contributed by atoms with Gasteiger partial charge in [-0.25, -0.2) is 0 Å². The summed E-state index contributed by atoms with van der Waals surface area (Å²) in [6, 6.07) is 9.43. The maximum Gasteiger partial charge on any atom is 0.303 e. The highest BCUT2D eigenvalue weighted by Crippen LogP contribution is 2.36. The zero-order valence-corrected chi connectivity index (χ0v) is 16.8. The van der Waals surface area contributed by atoms with E-state index in [4.69, 9.17) is 23.7 Å². The fraction of sp³-hybridized carbons (Fsp3) is 0.455. The fourth-order valence-corrected chi connectivity index (χ4v) is 3.24. The third-order valence-corrected chi connectivity index (χ3v) is 4.37. The van der Waals surface area contributed by atoms with Gasteiger partial charge < -0.3 is 23.7 Å². The van der Waals surface area contributed by atoms with Crippen molar-refractivity contribution in [3.63, 3.8) is 0 Å². The second-order valence-corrected chi connectivity index (χ2v) is 7.24. The van der Waals surface area contributed by atoms with Crippen LogP contribution in [-0.4, -0.2) is 48.7 Å². The maximum absolute atomic E-state index is 11.7. The Bertz CT molecular complexity index is 847. The molecule has 29 heavy (non-hydrogen) atoms. The number of carbonyl (C=O) groups is 2. The highest BCUT2D eigenvalue weighted by Gasteiger charge is 2.53. The van der Waals surface area contributed by atoms with Gasteiger partial charge in [-0.3, -0.25) is 9.59 Å². The Hall–Kier alpha value is -2.82. The maximum atomic E-state index is 11.7. The van der Waals surface area contributed by atoms with E-state index in [1.807, 2.05) is 30.3 Å². The van der Waals surface area contributed by atoms with Gasteiger partial charge in [-0.2, -0.15) is 0 Å². The molecule has 1 aromatic carbocycles. The quantitative estimate of drug-likeness (QED) is 0.569. The number of hydrogen-bond donors (Lipinski definition) is 0. The van der Waals surface area contributed by atoms with Crippen LogP contribution < -0.4 is 0 Å². The molecule has 3 rings (SSSR count). The lowest BCUT2D eigenvalue weighted by Gasteiger charge is -2.25. The average molecular weight is 400 g/mol. The first-order valence-electron chi connectivity index (χ1n) is 9.35. The van der Waals surface area contributed by atoms with Crippen LogP contribution in [0.1, 0.15) is 33.3 Å². The molecule has 154 valence electrons. The molecule has 0 aromatic heterocycles. The van der Waals surface area contributed by atoms with Crippen molar-refractivity contribution < 1.29 is 33.3 Å². The van der Waals surface area contributed by atoms with E-state index in [0.29, 0.717) is 5.76 Å². The summed E-state index contributed by atoms with van der Waals surface area (Å²) in [4.78, 5) is 23.4. The van der Waals surface area contributed by atoms with Crippen molar-refractivity contribution in [2.24, 2.45) is 0 Å². The summed E-state index contributed by atoms with van der Waals surface area (Å²) < 4.78 is 28.3. The lowest BCUT2D eigenvalue weighted by atomic mass is 10.0. The number of carbonyl (C=O) groups excluding carboxylic acids is 2. The zero-order chi connectivity index (χ0) is 21.0. The van der Waals surface area contributed by atoms with Crippen LogP contribution in [0.15, 0.2) is 42.2 Å². The van der Waals surface area contributed by atoms with Crippen LogP contribution in [0.4, 0.5) is 0 Å². The number of benzene rings is 1. The smallest absolute Gasteiger partial charge is 0.303 e. The van der Waals surface area contributed by atoms with Gasteiger partial charge in [0, 0.05) is 25.5 Å². The molecule has 4 atom stereocenters. The van der Waals surface area contributed by atoms with Crippen molar-refractivity contribution in [2.75, 3.05) is 6.61 Å². The number of allylic oxidation sites excluding steroid dienone is 1. The molecule has 7 heteroatoms. The van der Waals surface area contributed by atoms with Crippen LogP contribution in [0.25, 0.3) is 0 Å². The standard InChI is InChI=1S/C22H24O7/c1-14(23)26-19-17(12-8-11-16-9-6-5-7-10-16)28-20(21(19)27-15(2)24)18-13-25-22(3,4)29-18/h5-7,9-10,12,18-21H,13H2,1-4H3/b17-12-/t18-,19+,20-,21-/m1/s1. The van der Waals surface area contributed by atoms with Gasteiger partial charge in [0.05, 0.1) is 6.61 Å². The minimum Gasteiger partial charge on any atom is -0.483 e. The lowest BCUT2D eigenvalue weighted by Crippen LogP contribution is -2.44. The van der Waals surface area contributed by atoms with Crippen LogP contribution in [0, 0.1) is 11.8 Å². The van der Waals surface area contributed by atoms with Crippen LogP contribution in [0.5, 0.6) is 0 Å². The molecule has 7 nitrogen and oxygen atoms in total. The Morgan fingerprint density at radius 3 is 2.41 bits per heavy atom. The Kier molecular flexibility index (Phi) is 6.26. The van der Waals surface area contributed by atoms with E-state index in [2.05, 4.69) is 11.8 Å². The van der Waals surface area contributed by atoms with Crippen molar-refractivity contribution >= 4 is 11.9 Å². The van der Waals surface area contributed by atoms with E-state index in [1.54, 1.807) is 13.8 Å². The molecule has 2 fully saturated rings. The van der Waals surface area contributed by atoms with Crippen LogP contribution in [-0.2, 0) is 33.3 Å². The van der Waals surface area contributed by atoms with Gasteiger partial charge >= 0.3 is 11.9 Å². The summed E-state index contributed by atoms with van der Waals surface area (Å²) in [6.45, 7) is 6.40. The molecule has 0 amide bonds. The van der Waals surface area contributed by atoms with Gasteiger partial charge in [0.25, 0.3) is 0 Å². The summed E-state index contributed by atoms with van der Waals surface area (Å²) in [6.07, 6.45) is -1.46. The first-order valence-corrected chi connectivity index (χ1v) is 9.35. The molecular formula is C22H24O7. The van der Waals surface area contributed by atoms with E-state index in [1.165, 1.54) is 19.9 Å². The minimum absolute atomic E-state index is 0.255. The minimum atomic E-state index is -0.918. The van der Waals surface area contributed by atoms with E-state index in [0.717, 1.165) is 5.56 Å². The SMILES string of the molecule is CC(=O)O[C@H]1[C@@H]([C@H]2COC(C)(C)O2)O/C(=C\C#Cc2ccccc2)[C@@H]1OC(C)=O. The molecule has 0 unspecified atom stereocenters.